The summed E-state index contributed by atoms with van der Waals surface area (Å²) in [6.45, 7) is 5.13. The number of carbonyl (C=O) groups excluding carboxylic acids is 1. The third kappa shape index (κ3) is 4.29. The molecule has 0 aliphatic carbocycles. The molecule has 0 spiro atoms. The number of anilines is 1. The molecule has 176 valence electrons. The maximum Gasteiger partial charge on any atom is 0.417 e. The van der Waals surface area contributed by atoms with Crippen molar-refractivity contribution in [1.29, 1.82) is 5.26 Å². The van der Waals surface area contributed by atoms with Crippen molar-refractivity contribution in [2.24, 2.45) is 11.3 Å². The summed E-state index contributed by atoms with van der Waals surface area (Å²) in [7, 11) is 1.62. The minimum Gasteiger partial charge on any atom is -0.384 e. The highest BCUT2D eigenvalue weighted by molar-refractivity contribution is 5.92. The zero-order valence-electron chi connectivity index (χ0n) is 18.6. The molecule has 0 saturated carbocycles. The quantitative estimate of drug-likeness (QED) is 0.682. The minimum absolute atomic E-state index is 0.0355. The van der Waals surface area contributed by atoms with Gasteiger partial charge in [0.25, 0.3) is 5.91 Å². The summed E-state index contributed by atoms with van der Waals surface area (Å²) >= 11 is 0. The first kappa shape index (κ1) is 23.1. The SMILES string of the molecule is CCn1ccc(C(=O)N2CC[C@@]3(COC)CN(c4ccc(C#N)c(C(F)(F)F)c4)C[C@H]3C2)n1. The van der Waals surface area contributed by atoms with Crippen molar-refractivity contribution in [2.45, 2.75) is 26.1 Å². The lowest BCUT2D eigenvalue weighted by molar-refractivity contribution is -0.137. The van der Waals surface area contributed by atoms with E-state index in [2.05, 4.69) is 5.10 Å². The van der Waals surface area contributed by atoms with Crippen LogP contribution in [0.15, 0.2) is 30.5 Å². The fourth-order valence-electron chi connectivity index (χ4n) is 5.06. The first-order valence-electron chi connectivity index (χ1n) is 10.9. The molecule has 2 atom stereocenters. The Morgan fingerprint density at radius 3 is 2.76 bits per heavy atom. The van der Waals surface area contributed by atoms with Gasteiger partial charge in [-0.05, 0) is 37.6 Å². The second-order valence-corrected chi connectivity index (χ2v) is 8.77. The largest absolute Gasteiger partial charge is 0.417 e. The van der Waals surface area contributed by atoms with Crippen LogP contribution in [0.2, 0.25) is 0 Å². The van der Waals surface area contributed by atoms with E-state index in [4.69, 9.17) is 10.00 Å². The Morgan fingerprint density at radius 1 is 1.33 bits per heavy atom. The lowest BCUT2D eigenvalue weighted by Gasteiger charge is -2.42. The minimum atomic E-state index is -4.61. The zero-order valence-corrected chi connectivity index (χ0v) is 18.6. The molecule has 2 aromatic rings. The number of aromatic nitrogens is 2. The number of aryl methyl sites for hydroxylation is 1. The molecule has 2 fully saturated rings. The summed E-state index contributed by atoms with van der Waals surface area (Å²) in [6.07, 6.45) is -2.15. The normalized spacial score (nSPS) is 22.8. The molecule has 2 aliphatic heterocycles. The summed E-state index contributed by atoms with van der Waals surface area (Å²) in [5, 5.41) is 13.4. The molecule has 10 heteroatoms. The van der Waals surface area contributed by atoms with Gasteiger partial charge in [0.1, 0.15) is 5.69 Å². The fraction of sp³-hybridized carbons (Fsp3) is 0.522. The van der Waals surface area contributed by atoms with Gasteiger partial charge in [-0.1, -0.05) is 0 Å². The van der Waals surface area contributed by atoms with E-state index < -0.39 is 17.3 Å². The number of alkyl halides is 3. The van der Waals surface area contributed by atoms with Gasteiger partial charge in [-0.15, -0.1) is 0 Å². The van der Waals surface area contributed by atoms with Crippen LogP contribution in [0.5, 0.6) is 0 Å². The number of benzene rings is 1. The Balaban J connectivity index is 1.58. The Hall–Kier alpha value is -3.06. The number of nitrogens with zero attached hydrogens (tertiary/aromatic N) is 5. The smallest absolute Gasteiger partial charge is 0.384 e. The van der Waals surface area contributed by atoms with Gasteiger partial charge in [-0.25, -0.2) is 0 Å². The number of methoxy groups -OCH3 is 1. The molecule has 3 heterocycles. The topological polar surface area (TPSA) is 74.4 Å². The number of piperidine rings is 1. The average Bonchev–Trinajstić information content (AvgIpc) is 3.42. The number of halogens is 3. The maximum atomic E-state index is 13.5. The predicted octanol–water partition coefficient (Wildman–Crippen LogP) is 3.41. The lowest BCUT2D eigenvalue weighted by atomic mass is 9.73. The van der Waals surface area contributed by atoms with Crippen LogP contribution >= 0.6 is 0 Å². The van der Waals surface area contributed by atoms with Crippen LogP contribution < -0.4 is 4.90 Å². The molecule has 33 heavy (non-hydrogen) atoms. The third-order valence-corrected chi connectivity index (χ3v) is 6.83. The van der Waals surface area contributed by atoms with Crippen molar-refractivity contribution in [3.63, 3.8) is 0 Å². The third-order valence-electron chi connectivity index (χ3n) is 6.83. The Bertz CT molecular complexity index is 1080. The van der Waals surface area contributed by atoms with Gasteiger partial charge in [0.2, 0.25) is 0 Å². The standard InChI is InChI=1S/C23H26F3N5O2/c1-3-31-8-6-20(28-31)21(32)29-9-7-22(15-33-2)14-30(13-17(22)12-29)18-5-4-16(11-27)19(10-18)23(24,25)26/h4-6,8,10,17H,3,7,9,12-15H2,1-2H3/t17-,22+/m1/s1. The van der Waals surface area contributed by atoms with E-state index in [9.17, 15) is 18.0 Å². The Kier molecular flexibility index (Phi) is 6.10. The summed E-state index contributed by atoms with van der Waals surface area (Å²) < 4.78 is 47.7. The van der Waals surface area contributed by atoms with Gasteiger partial charge in [-0.3, -0.25) is 9.48 Å². The highest BCUT2D eigenvalue weighted by Gasteiger charge is 2.50. The van der Waals surface area contributed by atoms with Crippen molar-refractivity contribution in [1.82, 2.24) is 14.7 Å². The van der Waals surface area contributed by atoms with E-state index in [0.717, 1.165) is 6.07 Å². The molecule has 1 amide bonds. The van der Waals surface area contributed by atoms with Crippen molar-refractivity contribution in [3.05, 3.63) is 47.3 Å². The number of ether oxygens (including phenoxy) is 1. The van der Waals surface area contributed by atoms with Crippen molar-refractivity contribution in [3.8, 4) is 6.07 Å². The summed E-state index contributed by atoms with van der Waals surface area (Å²) in [6, 6.07) is 7.17. The average molecular weight is 461 g/mol. The van der Waals surface area contributed by atoms with Gasteiger partial charge in [0, 0.05) is 63.1 Å². The maximum absolute atomic E-state index is 13.5. The molecule has 7 nitrogen and oxygen atoms in total. The Labute approximate surface area is 190 Å². The molecule has 0 radical (unpaired) electrons. The molecule has 2 saturated heterocycles. The van der Waals surface area contributed by atoms with E-state index in [1.165, 1.54) is 6.07 Å². The first-order valence-corrected chi connectivity index (χ1v) is 10.9. The molecule has 0 unspecified atom stereocenters. The number of rotatable bonds is 5. The molecule has 0 N–H and O–H groups in total. The molecule has 1 aromatic heterocycles. The monoisotopic (exact) mass is 461 g/mol. The van der Waals surface area contributed by atoms with E-state index in [1.807, 2.05) is 11.8 Å². The second-order valence-electron chi connectivity index (χ2n) is 8.77. The number of likely N-dealkylation sites (tertiary alicyclic amines) is 1. The molecule has 1 aromatic carbocycles. The Morgan fingerprint density at radius 2 is 2.12 bits per heavy atom. The summed E-state index contributed by atoms with van der Waals surface area (Å²) in [4.78, 5) is 16.7. The van der Waals surface area contributed by atoms with Gasteiger partial charge in [0.05, 0.1) is 23.8 Å². The number of hydrogen-bond donors (Lipinski definition) is 0. The number of amides is 1. The van der Waals surface area contributed by atoms with Crippen LogP contribution in [-0.4, -0.2) is 60.5 Å². The van der Waals surface area contributed by atoms with Crippen LogP contribution in [-0.2, 0) is 17.5 Å². The molecule has 0 bridgehead atoms. The first-order chi connectivity index (χ1) is 15.7. The van der Waals surface area contributed by atoms with E-state index in [1.54, 1.807) is 41.1 Å². The number of nitriles is 1. The van der Waals surface area contributed by atoms with E-state index >= 15 is 0 Å². The summed E-state index contributed by atoms with van der Waals surface area (Å²) in [5.74, 6) is -0.0993. The fourth-order valence-corrected chi connectivity index (χ4v) is 5.06. The van der Waals surface area contributed by atoms with Crippen molar-refractivity contribution in [2.75, 3.05) is 44.8 Å². The van der Waals surface area contributed by atoms with Gasteiger partial charge < -0.3 is 14.5 Å². The second kappa shape index (κ2) is 8.71. The van der Waals surface area contributed by atoms with Gasteiger partial charge >= 0.3 is 6.18 Å². The highest BCUT2D eigenvalue weighted by Crippen LogP contribution is 2.45. The van der Waals surface area contributed by atoms with Crippen LogP contribution in [0.1, 0.15) is 35.0 Å². The lowest BCUT2D eigenvalue weighted by Crippen LogP contribution is -2.51. The van der Waals surface area contributed by atoms with E-state index in [0.29, 0.717) is 57.1 Å². The highest BCUT2D eigenvalue weighted by atomic mass is 19.4. The van der Waals surface area contributed by atoms with Crippen LogP contribution in [0, 0.1) is 22.7 Å². The summed E-state index contributed by atoms with van der Waals surface area (Å²) in [5.41, 5.74) is -0.765. The van der Waals surface area contributed by atoms with Crippen LogP contribution in [0.25, 0.3) is 0 Å². The molecule has 2 aliphatic rings. The van der Waals surface area contributed by atoms with Crippen LogP contribution in [0.4, 0.5) is 18.9 Å². The number of fused-ring (bicyclic) bond motifs is 1. The van der Waals surface area contributed by atoms with Crippen molar-refractivity contribution < 1.29 is 22.7 Å². The molecular weight excluding hydrogens is 435 g/mol. The van der Waals surface area contributed by atoms with Gasteiger partial charge in [0.15, 0.2) is 0 Å². The molecular formula is C23H26F3N5O2. The van der Waals surface area contributed by atoms with E-state index in [-0.39, 0.29) is 17.2 Å². The zero-order chi connectivity index (χ0) is 23.8. The number of carbonyl (C=O) groups is 1. The van der Waals surface area contributed by atoms with Crippen LogP contribution in [0.3, 0.4) is 0 Å². The van der Waals surface area contributed by atoms with Gasteiger partial charge in [-0.2, -0.15) is 23.5 Å². The van der Waals surface area contributed by atoms with Crippen molar-refractivity contribution >= 4 is 11.6 Å². The number of hydrogen-bond acceptors (Lipinski definition) is 5. The molecule has 4 rings (SSSR count). The predicted molar refractivity (Wildman–Crippen MR) is 115 cm³/mol.